The molecule has 5 heteroatoms. The molecule has 0 aliphatic heterocycles. The van der Waals surface area contributed by atoms with E-state index in [1.165, 1.54) is 18.2 Å². The van der Waals surface area contributed by atoms with E-state index in [0.29, 0.717) is 5.56 Å². The van der Waals surface area contributed by atoms with E-state index >= 15 is 0 Å². The van der Waals surface area contributed by atoms with Crippen LogP contribution in [0, 0.1) is 0 Å². The molecule has 92 valence electrons. The zero-order chi connectivity index (χ0) is 12.4. The Balaban J connectivity index is 2.14. The van der Waals surface area contributed by atoms with Gasteiger partial charge in [0.2, 0.25) is 0 Å². The van der Waals surface area contributed by atoms with E-state index in [4.69, 9.17) is 10.5 Å². The highest BCUT2D eigenvalue weighted by atomic mass is 32.1. The van der Waals surface area contributed by atoms with E-state index in [9.17, 15) is 9.59 Å². The Morgan fingerprint density at radius 2 is 2.12 bits per heavy atom. The minimum absolute atomic E-state index is 0.435. The quantitative estimate of drug-likeness (QED) is 0.833. The first-order valence-electron chi connectivity index (χ1n) is 5.69. The fourth-order valence-electron chi connectivity index (χ4n) is 1.95. The lowest BCUT2D eigenvalue weighted by Gasteiger charge is -2.13. The van der Waals surface area contributed by atoms with Crippen LogP contribution in [0.2, 0.25) is 0 Å². The van der Waals surface area contributed by atoms with Gasteiger partial charge in [0.1, 0.15) is 0 Å². The fourth-order valence-corrected chi connectivity index (χ4v) is 3.06. The normalized spacial score (nSPS) is 16.1. The predicted molar refractivity (Wildman–Crippen MR) is 65.0 cm³/mol. The second-order valence-corrected chi connectivity index (χ2v) is 5.17. The molecule has 0 radical (unpaired) electrons. The van der Waals surface area contributed by atoms with Crippen LogP contribution in [0.5, 0.6) is 0 Å². The average molecular weight is 253 g/mol. The van der Waals surface area contributed by atoms with Gasteiger partial charge in [-0.1, -0.05) is 0 Å². The molecule has 1 aliphatic carbocycles. The summed E-state index contributed by atoms with van der Waals surface area (Å²) in [6.45, 7) is 1.49. The van der Waals surface area contributed by atoms with Gasteiger partial charge in [0, 0.05) is 10.3 Å². The van der Waals surface area contributed by atoms with E-state index in [-0.39, 0.29) is 0 Å². The maximum atomic E-state index is 11.9. The Labute approximate surface area is 104 Å². The summed E-state index contributed by atoms with van der Waals surface area (Å²) >= 11 is 1.60. The topological polar surface area (TPSA) is 69.4 Å². The van der Waals surface area contributed by atoms with Crippen LogP contribution in [-0.2, 0) is 22.4 Å². The van der Waals surface area contributed by atoms with Crippen molar-refractivity contribution in [1.29, 1.82) is 0 Å². The molecule has 1 heterocycles. The second kappa shape index (κ2) is 4.87. The van der Waals surface area contributed by atoms with Gasteiger partial charge in [-0.05, 0) is 38.2 Å². The molecule has 4 nitrogen and oxygen atoms in total. The lowest BCUT2D eigenvalue weighted by atomic mass is 9.96. The molecule has 1 amide bonds. The number of aryl methyl sites for hydroxylation is 1. The van der Waals surface area contributed by atoms with Crippen molar-refractivity contribution in [3.05, 3.63) is 21.4 Å². The SMILES string of the molecule is CC(OC(=O)c1csc2c1CCCC2)C(N)=O. The van der Waals surface area contributed by atoms with Crippen LogP contribution in [0.15, 0.2) is 5.38 Å². The molecule has 1 aromatic heterocycles. The Morgan fingerprint density at radius 1 is 1.41 bits per heavy atom. The number of carbonyl (C=O) groups excluding carboxylic acids is 2. The van der Waals surface area contributed by atoms with Crippen LogP contribution in [0.3, 0.4) is 0 Å². The van der Waals surface area contributed by atoms with Gasteiger partial charge in [-0.15, -0.1) is 11.3 Å². The molecule has 0 fully saturated rings. The zero-order valence-electron chi connectivity index (χ0n) is 9.69. The predicted octanol–water partition coefficient (Wildman–Crippen LogP) is 1.66. The molecule has 0 aromatic carbocycles. The van der Waals surface area contributed by atoms with Crippen LogP contribution < -0.4 is 5.73 Å². The number of amides is 1. The van der Waals surface area contributed by atoms with Gasteiger partial charge in [-0.2, -0.15) is 0 Å². The Bertz CT molecular complexity index is 453. The molecule has 1 unspecified atom stereocenters. The van der Waals surface area contributed by atoms with Crippen molar-refractivity contribution in [1.82, 2.24) is 0 Å². The molecule has 0 saturated carbocycles. The highest BCUT2D eigenvalue weighted by Crippen LogP contribution is 2.30. The van der Waals surface area contributed by atoms with Crippen LogP contribution >= 0.6 is 11.3 Å². The molecule has 1 aliphatic rings. The third kappa shape index (κ3) is 2.49. The molecule has 17 heavy (non-hydrogen) atoms. The van der Waals surface area contributed by atoms with Gasteiger partial charge in [0.25, 0.3) is 5.91 Å². The molecular weight excluding hydrogens is 238 g/mol. The van der Waals surface area contributed by atoms with Gasteiger partial charge in [0.15, 0.2) is 6.10 Å². The molecule has 1 atom stereocenters. The molecule has 1 aromatic rings. The van der Waals surface area contributed by atoms with Crippen molar-refractivity contribution in [3.63, 3.8) is 0 Å². The third-order valence-corrected chi connectivity index (χ3v) is 4.05. The largest absolute Gasteiger partial charge is 0.449 e. The van der Waals surface area contributed by atoms with Crippen LogP contribution in [0.4, 0.5) is 0 Å². The zero-order valence-corrected chi connectivity index (χ0v) is 10.5. The second-order valence-electron chi connectivity index (χ2n) is 4.21. The summed E-state index contributed by atoms with van der Waals surface area (Å²) in [5, 5.41) is 1.83. The van der Waals surface area contributed by atoms with Crippen molar-refractivity contribution < 1.29 is 14.3 Å². The van der Waals surface area contributed by atoms with Crippen LogP contribution in [-0.4, -0.2) is 18.0 Å². The summed E-state index contributed by atoms with van der Waals surface area (Å²) in [5.74, 6) is -1.06. The number of fused-ring (bicyclic) bond motifs is 1. The number of nitrogens with two attached hydrogens (primary N) is 1. The van der Waals surface area contributed by atoms with E-state index in [1.807, 2.05) is 5.38 Å². The average Bonchev–Trinajstić information content (AvgIpc) is 2.72. The van der Waals surface area contributed by atoms with Gasteiger partial charge in [-0.3, -0.25) is 4.79 Å². The highest BCUT2D eigenvalue weighted by molar-refractivity contribution is 7.10. The summed E-state index contributed by atoms with van der Waals surface area (Å²) in [6, 6.07) is 0. The van der Waals surface area contributed by atoms with Gasteiger partial charge >= 0.3 is 5.97 Å². The number of rotatable bonds is 3. The van der Waals surface area contributed by atoms with Gasteiger partial charge < -0.3 is 10.5 Å². The summed E-state index contributed by atoms with van der Waals surface area (Å²) in [5.41, 5.74) is 6.77. The number of esters is 1. The van der Waals surface area contributed by atoms with Crippen molar-refractivity contribution >= 4 is 23.2 Å². The van der Waals surface area contributed by atoms with E-state index in [2.05, 4.69) is 0 Å². The molecule has 0 bridgehead atoms. The molecular formula is C12H15NO3S. The molecule has 0 spiro atoms. The Kier molecular flexibility index (Phi) is 3.47. The van der Waals surface area contributed by atoms with Crippen LogP contribution in [0.1, 0.15) is 40.6 Å². The number of hydrogen-bond donors (Lipinski definition) is 1. The van der Waals surface area contributed by atoms with Gasteiger partial charge in [0.05, 0.1) is 5.56 Å². The fraction of sp³-hybridized carbons (Fsp3) is 0.500. The number of hydrogen-bond acceptors (Lipinski definition) is 4. The van der Waals surface area contributed by atoms with E-state index in [1.54, 1.807) is 11.3 Å². The van der Waals surface area contributed by atoms with Crippen molar-refractivity contribution in [2.75, 3.05) is 0 Å². The number of thiophene rings is 1. The smallest absolute Gasteiger partial charge is 0.340 e. The summed E-state index contributed by atoms with van der Waals surface area (Å²) < 4.78 is 5.02. The lowest BCUT2D eigenvalue weighted by Crippen LogP contribution is -2.30. The molecule has 2 rings (SSSR count). The van der Waals surface area contributed by atoms with Gasteiger partial charge in [-0.25, -0.2) is 4.79 Å². The molecule has 0 saturated heterocycles. The Hall–Kier alpha value is -1.36. The first-order chi connectivity index (χ1) is 8.09. The number of carbonyl (C=O) groups is 2. The van der Waals surface area contributed by atoms with Crippen molar-refractivity contribution in [2.24, 2.45) is 5.73 Å². The first kappa shape index (κ1) is 12.1. The summed E-state index contributed by atoms with van der Waals surface area (Å²) in [7, 11) is 0. The third-order valence-electron chi connectivity index (χ3n) is 2.97. The highest BCUT2D eigenvalue weighted by Gasteiger charge is 2.23. The maximum Gasteiger partial charge on any atom is 0.340 e. The van der Waals surface area contributed by atoms with Crippen LogP contribution in [0.25, 0.3) is 0 Å². The lowest BCUT2D eigenvalue weighted by molar-refractivity contribution is -0.125. The Morgan fingerprint density at radius 3 is 2.82 bits per heavy atom. The van der Waals surface area contributed by atoms with Crippen molar-refractivity contribution in [2.45, 2.75) is 38.7 Å². The molecule has 2 N–H and O–H groups in total. The first-order valence-corrected chi connectivity index (χ1v) is 6.57. The monoisotopic (exact) mass is 253 g/mol. The minimum atomic E-state index is -0.873. The summed E-state index contributed by atoms with van der Waals surface area (Å²) in [4.78, 5) is 24.0. The summed E-state index contributed by atoms with van der Waals surface area (Å²) in [6.07, 6.45) is 3.38. The maximum absolute atomic E-state index is 11.9. The van der Waals surface area contributed by atoms with Crippen molar-refractivity contribution in [3.8, 4) is 0 Å². The standard InChI is InChI=1S/C12H15NO3S/c1-7(11(13)14)16-12(15)9-6-17-10-5-3-2-4-8(9)10/h6-7H,2-5H2,1H3,(H2,13,14). The van der Waals surface area contributed by atoms with E-state index in [0.717, 1.165) is 24.8 Å². The number of primary amides is 1. The minimum Gasteiger partial charge on any atom is -0.449 e. The van der Waals surface area contributed by atoms with E-state index < -0.39 is 18.0 Å². The number of ether oxygens (including phenoxy) is 1.